The highest BCUT2D eigenvalue weighted by Gasteiger charge is 2.24. The van der Waals surface area contributed by atoms with Crippen molar-refractivity contribution in [1.29, 1.82) is 0 Å². The molecule has 2 rings (SSSR count). The average Bonchev–Trinajstić information content (AvgIpc) is 2.49. The fourth-order valence-corrected chi connectivity index (χ4v) is 3.08. The number of halogens is 4. The normalized spacial score (nSPS) is 22.5. The second kappa shape index (κ2) is 7.65. The molecule has 0 heterocycles. The molecule has 0 bridgehead atoms. The Morgan fingerprint density at radius 2 is 1.73 bits per heavy atom. The molecule has 0 radical (unpaired) electrons. The van der Waals surface area contributed by atoms with Crippen molar-refractivity contribution in [2.75, 3.05) is 0 Å². The van der Waals surface area contributed by atoms with Crippen LogP contribution in [0, 0.1) is 17.6 Å². The zero-order valence-electron chi connectivity index (χ0n) is 12.5. The number of hydrogen-bond donors (Lipinski definition) is 0. The van der Waals surface area contributed by atoms with E-state index in [-0.39, 0.29) is 5.92 Å². The minimum absolute atomic E-state index is 0.0754. The van der Waals surface area contributed by atoms with Gasteiger partial charge in [-0.05, 0) is 68.6 Å². The number of benzene rings is 1. The van der Waals surface area contributed by atoms with E-state index in [1.165, 1.54) is 0 Å². The molecule has 0 aromatic heterocycles. The smallest absolute Gasteiger partial charge is 0.387 e. The van der Waals surface area contributed by atoms with E-state index in [4.69, 9.17) is 0 Å². The first-order chi connectivity index (χ1) is 10.5. The fraction of sp³-hybridized carbons (Fsp3) is 0.529. The van der Waals surface area contributed by atoms with Crippen molar-refractivity contribution < 1.29 is 22.3 Å². The predicted molar refractivity (Wildman–Crippen MR) is 77.1 cm³/mol. The van der Waals surface area contributed by atoms with Gasteiger partial charge in [0.1, 0.15) is 0 Å². The summed E-state index contributed by atoms with van der Waals surface area (Å²) >= 11 is 0. The van der Waals surface area contributed by atoms with E-state index in [0.717, 1.165) is 44.2 Å². The van der Waals surface area contributed by atoms with Crippen molar-refractivity contribution in [3.05, 3.63) is 41.5 Å². The summed E-state index contributed by atoms with van der Waals surface area (Å²) in [6.45, 7) is -1.25. The zero-order valence-corrected chi connectivity index (χ0v) is 12.5. The lowest BCUT2D eigenvalue weighted by Crippen LogP contribution is -2.14. The maximum Gasteiger partial charge on any atom is 0.387 e. The minimum atomic E-state index is -3.24. The van der Waals surface area contributed by atoms with Gasteiger partial charge in [0.05, 0.1) is 0 Å². The van der Waals surface area contributed by atoms with Gasteiger partial charge in [0.2, 0.25) is 0 Å². The zero-order chi connectivity index (χ0) is 16.1. The highest BCUT2D eigenvalue weighted by atomic mass is 19.3. The van der Waals surface area contributed by atoms with Crippen LogP contribution in [0.25, 0.3) is 0 Å². The van der Waals surface area contributed by atoms with Crippen molar-refractivity contribution in [3.8, 4) is 5.75 Å². The summed E-state index contributed by atoms with van der Waals surface area (Å²) < 4.78 is 55.7. The van der Waals surface area contributed by atoms with Crippen molar-refractivity contribution in [2.45, 2.75) is 51.6 Å². The Labute approximate surface area is 128 Å². The predicted octanol–water partition coefficient (Wildman–Crippen LogP) is 5.81. The van der Waals surface area contributed by atoms with Gasteiger partial charge in [-0.15, -0.1) is 0 Å². The third-order valence-corrected chi connectivity index (χ3v) is 4.25. The highest BCUT2D eigenvalue weighted by Crippen LogP contribution is 2.39. The molecule has 1 nitrogen and oxygen atoms in total. The largest absolute Gasteiger partial charge is 0.429 e. The number of rotatable bonds is 5. The monoisotopic (exact) mass is 316 g/mol. The Hall–Kier alpha value is -1.52. The first kappa shape index (κ1) is 16.8. The summed E-state index contributed by atoms with van der Waals surface area (Å²) in [6.07, 6.45) is 8.93. The summed E-state index contributed by atoms with van der Waals surface area (Å²) in [5, 5.41) is 0. The molecule has 22 heavy (non-hydrogen) atoms. The third-order valence-electron chi connectivity index (χ3n) is 4.25. The van der Waals surface area contributed by atoms with Crippen molar-refractivity contribution >= 4 is 0 Å². The van der Waals surface area contributed by atoms with E-state index in [0.29, 0.717) is 11.5 Å². The fourth-order valence-electron chi connectivity index (χ4n) is 3.08. The number of hydrogen-bond acceptors (Lipinski definition) is 1. The van der Waals surface area contributed by atoms with Crippen LogP contribution in [0.3, 0.4) is 0 Å². The molecule has 0 amide bonds. The first-order valence-electron chi connectivity index (χ1n) is 7.56. The summed E-state index contributed by atoms with van der Waals surface area (Å²) in [6, 6.07) is 2.25. The molecule has 0 aliphatic heterocycles. The molecule has 5 heteroatoms. The SMILES string of the molecule is CC=CCC1CCC(c2cc(F)c(OC(F)F)c(F)c2)CC1. The molecule has 0 N–H and O–H groups in total. The van der Waals surface area contributed by atoms with E-state index in [1.807, 2.05) is 13.0 Å². The van der Waals surface area contributed by atoms with Crippen LogP contribution >= 0.6 is 0 Å². The second-order valence-electron chi connectivity index (χ2n) is 5.71. The van der Waals surface area contributed by atoms with Crippen molar-refractivity contribution in [1.82, 2.24) is 0 Å². The Morgan fingerprint density at radius 3 is 2.23 bits per heavy atom. The molecule has 0 atom stereocenters. The summed E-state index contributed by atoms with van der Waals surface area (Å²) in [4.78, 5) is 0. The van der Waals surface area contributed by atoms with Crippen LogP contribution in [0.4, 0.5) is 17.6 Å². The first-order valence-corrected chi connectivity index (χ1v) is 7.56. The summed E-state index contributed by atoms with van der Waals surface area (Å²) in [7, 11) is 0. The van der Waals surface area contributed by atoms with Gasteiger partial charge in [-0.1, -0.05) is 12.2 Å². The van der Waals surface area contributed by atoms with Crippen molar-refractivity contribution in [2.24, 2.45) is 5.92 Å². The summed E-state index contributed by atoms with van der Waals surface area (Å²) in [5.74, 6) is -2.44. The van der Waals surface area contributed by atoms with Gasteiger partial charge in [0.25, 0.3) is 0 Å². The van der Waals surface area contributed by atoms with Crippen LogP contribution < -0.4 is 4.74 Å². The van der Waals surface area contributed by atoms with Gasteiger partial charge in [-0.25, -0.2) is 8.78 Å². The summed E-state index contributed by atoms with van der Waals surface area (Å²) in [5.41, 5.74) is 0.529. The maximum absolute atomic E-state index is 13.8. The Kier molecular flexibility index (Phi) is 5.86. The minimum Gasteiger partial charge on any atom is -0.429 e. The lowest BCUT2D eigenvalue weighted by atomic mass is 9.77. The number of alkyl halides is 2. The van der Waals surface area contributed by atoms with Gasteiger partial charge >= 0.3 is 6.61 Å². The van der Waals surface area contributed by atoms with E-state index in [1.54, 1.807) is 0 Å². The molecular formula is C17H20F4O. The Balaban J connectivity index is 2.05. The lowest BCUT2D eigenvalue weighted by Gasteiger charge is -2.28. The standard InChI is InChI=1S/C17H20F4O/c1-2-3-4-11-5-7-12(8-6-11)13-9-14(18)16(15(19)10-13)22-17(20)21/h2-3,9-12,17H,4-8H2,1H3. The topological polar surface area (TPSA) is 9.23 Å². The quantitative estimate of drug-likeness (QED) is 0.492. The number of ether oxygens (including phenoxy) is 1. The van der Waals surface area contributed by atoms with Crippen LogP contribution in [0.15, 0.2) is 24.3 Å². The molecule has 122 valence electrons. The Bertz CT molecular complexity index is 496. The van der Waals surface area contributed by atoms with Crippen molar-refractivity contribution in [3.63, 3.8) is 0 Å². The van der Waals surface area contributed by atoms with Gasteiger partial charge in [0, 0.05) is 0 Å². The maximum atomic E-state index is 13.8. The van der Waals surface area contributed by atoms with Crippen LogP contribution in [0.1, 0.15) is 50.5 Å². The molecule has 0 unspecified atom stereocenters. The lowest BCUT2D eigenvalue weighted by molar-refractivity contribution is -0.0546. The molecule has 0 spiro atoms. The molecule has 1 fully saturated rings. The van der Waals surface area contributed by atoms with E-state index < -0.39 is 24.0 Å². The Morgan fingerprint density at radius 1 is 1.14 bits per heavy atom. The van der Waals surface area contributed by atoms with Crippen LogP contribution in [-0.2, 0) is 0 Å². The third kappa shape index (κ3) is 4.24. The molecule has 1 aliphatic carbocycles. The van der Waals surface area contributed by atoms with E-state index in [9.17, 15) is 17.6 Å². The van der Waals surface area contributed by atoms with Crippen LogP contribution in [0.2, 0.25) is 0 Å². The van der Waals surface area contributed by atoms with Gasteiger partial charge < -0.3 is 4.74 Å². The molecular weight excluding hydrogens is 296 g/mol. The number of allylic oxidation sites excluding steroid dienone is 2. The van der Waals surface area contributed by atoms with E-state index >= 15 is 0 Å². The molecule has 1 saturated carbocycles. The highest BCUT2D eigenvalue weighted by molar-refractivity contribution is 5.33. The van der Waals surface area contributed by atoms with Gasteiger partial charge in [-0.3, -0.25) is 0 Å². The molecule has 1 aliphatic rings. The van der Waals surface area contributed by atoms with E-state index in [2.05, 4.69) is 10.8 Å². The van der Waals surface area contributed by atoms with Gasteiger partial charge in [-0.2, -0.15) is 8.78 Å². The molecule has 0 saturated heterocycles. The van der Waals surface area contributed by atoms with Crippen LogP contribution in [-0.4, -0.2) is 6.61 Å². The van der Waals surface area contributed by atoms with Crippen LogP contribution in [0.5, 0.6) is 5.75 Å². The average molecular weight is 316 g/mol. The van der Waals surface area contributed by atoms with Gasteiger partial charge in [0.15, 0.2) is 17.4 Å². The molecule has 1 aromatic carbocycles. The second-order valence-corrected chi connectivity index (χ2v) is 5.71. The molecule has 1 aromatic rings.